The second kappa shape index (κ2) is 8.53. The van der Waals surface area contributed by atoms with Crippen molar-refractivity contribution >= 4 is 5.96 Å². The maximum atomic E-state index is 12.9. The number of nitrogens with one attached hydrogen (secondary N) is 2. The number of halogens is 1. The van der Waals surface area contributed by atoms with Crippen molar-refractivity contribution in [1.82, 2.24) is 10.6 Å². The SMILES string of the molecule is CCC(C)NC(=NC)NCC(OC)c1ccc(F)cc1. The molecule has 5 heteroatoms. The van der Waals surface area contributed by atoms with E-state index in [0.29, 0.717) is 12.6 Å². The maximum absolute atomic E-state index is 12.9. The van der Waals surface area contributed by atoms with Gasteiger partial charge in [-0.3, -0.25) is 4.99 Å². The number of nitrogens with zero attached hydrogens (tertiary/aromatic N) is 1. The molecule has 2 N–H and O–H groups in total. The summed E-state index contributed by atoms with van der Waals surface area (Å²) < 4.78 is 18.4. The molecule has 0 bridgehead atoms. The van der Waals surface area contributed by atoms with Crippen molar-refractivity contribution < 1.29 is 9.13 Å². The van der Waals surface area contributed by atoms with Crippen LogP contribution in [0.1, 0.15) is 31.9 Å². The van der Waals surface area contributed by atoms with Gasteiger partial charge in [-0.1, -0.05) is 19.1 Å². The van der Waals surface area contributed by atoms with E-state index < -0.39 is 0 Å². The molecule has 0 saturated heterocycles. The highest BCUT2D eigenvalue weighted by atomic mass is 19.1. The summed E-state index contributed by atoms with van der Waals surface area (Å²) in [6.07, 6.45) is 0.873. The minimum Gasteiger partial charge on any atom is -0.375 e. The number of ether oxygens (including phenoxy) is 1. The summed E-state index contributed by atoms with van der Waals surface area (Å²) in [6.45, 7) is 4.78. The summed E-state index contributed by atoms with van der Waals surface area (Å²) in [5.74, 6) is 0.495. The lowest BCUT2D eigenvalue weighted by Crippen LogP contribution is -2.43. The van der Waals surface area contributed by atoms with E-state index in [1.165, 1.54) is 12.1 Å². The van der Waals surface area contributed by atoms with Crippen molar-refractivity contribution in [3.05, 3.63) is 35.6 Å². The fraction of sp³-hybridized carbons (Fsp3) is 0.533. The number of methoxy groups -OCH3 is 1. The van der Waals surface area contributed by atoms with Crippen LogP contribution in [0.4, 0.5) is 4.39 Å². The van der Waals surface area contributed by atoms with Gasteiger partial charge in [-0.2, -0.15) is 0 Å². The van der Waals surface area contributed by atoms with Crippen LogP contribution >= 0.6 is 0 Å². The lowest BCUT2D eigenvalue weighted by molar-refractivity contribution is 0.106. The molecular weight excluding hydrogens is 257 g/mol. The van der Waals surface area contributed by atoms with Gasteiger partial charge < -0.3 is 15.4 Å². The molecule has 0 amide bonds. The number of aliphatic imine (C=N–C) groups is 1. The Kier molecular flexibility index (Phi) is 7.01. The van der Waals surface area contributed by atoms with Gasteiger partial charge in [0.2, 0.25) is 0 Å². The molecule has 0 heterocycles. The van der Waals surface area contributed by atoms with Crippen molar-refractivity contribution in [2.75, 3.05) is 20.7 Å². The minimum absolute atomic E-state index is 0.147. The highest BCUT2D eigenvalue weighted by Crippen LogP contribution is 2.15. The van der Waals surface area contributed by atoms with E-state index in [2.05, 4.69) is 29.5 Å². The molecule has 1 rings (SSSR count). The Morgan fingerprint density at radius 2 is 2.00 bits per heavy atom. The number of guanidine groups is 1. The number of hydrogen-bond donors (Lipinski definition) is 2. The second-order valence-corrected chi connectivity index (χ2v) is 4.68. The molecule has 0 aliphatic carbocycles. The molecule has 112 valence electrons. The van der Waals surface area contributed by atoms with Gasteiger partial charge in [0, 0.05) is 26.7 Å². The van der Waals surface area contributed by atoms with Crippen molar-refractivity contribution in [2.45, 2.75) is 32.4 Å². The quantitative estimate of drug-likeness (QED) is 0.622. The van der Waals surface area contributed by atoms with Crippen molar-refractivity contribution in [1.29, 1.82) is 0 Å². The zero-order valence-electron chi connectivity index (χ0n) is 12.6. The van der Waals surface area contributed by atoms with Crippen LogP contribution in [0, 0.1) is 5.82 Å². The van der Waals surface area contributed by atoms with E-state index in [0.717, 1.165) is 17.9 Å². The Bertz CT molecular complexity index is 420. The average Bonchev–Trinajstić information content (AvgIpc) is 2.47. The molecule has 4 nitrogen and oxygen atoms in total. The molecule has 0 spiro atoms. The predicted molar refractivity (Wildman–Crippen MR) is 80.4 cm³/mol. The van der Waals surface area contributed by atoms with Gasteiger partial charge in [-0.25, -0.2) is 4.39 Å². The van der Waals surface area contributed by atoms with Crippen LogP contribution in [0.2, 0.25) is 0 Å². The fourth-order valence-corrected chi connectivity index (χ4v) is 1.73. The fourth-order valence-electron chi connectivity index (χ4n) is 1.73. The molecule has 1 aromatic rings. The zero-order valence-corrected chi connectivity index (χ0v) is 12.6. The Labute approximate surface area is 120 Å². The molecule has 1 aromatic carbocycles. The standard InChI is InChI=1S/C15H24FN3O/c1-5-11(2)19-15(17-3)18-10-14(20-4)12-6-8-13(16)9-7-12/h6-9,11,14H,5,10H2,1-4H3,(H2,17,18,19). The lowest BCUT2D eigenvalue weighted by Gasteiger charge is -2.20. The summed E-state index contributed by atoms with van der Waals surface area (Å²) in [4.78, 5) is 4.17. The van der Waals surface area contributed by atoms with Crippen molar-refractivity contribution in [3.8, 4) is 0 Å². The Balaban J connectivity index is 2.58. The third-order valence-electron chi connectivity index (χ3n) is 3.20. The van der Waals surface area contributed by atoms with Crippen LogP contribution in [0.15, 0.2) is 29.3 Å². The van der Waals surface area contributed by atoms with Crippen LogP contribution in [0.3, 0.4) is 0 Å². The highest BCUT2D eigenvalue weighted by Gasteiger charge is 2.12. The van der Waals surface area contributed by atoms with E-state index in [-0.39, 0.29) is 11.9 Å². The monoisotopic (exact) mass is 281 g/mol. The zero-order chi connectivity index (χ0) is 15.0. The van der Waals surface area contributed by atoms with Crippen LogP contribution in [0.25, 0.3) is 0 Å². The molecule has 0 aliphatic rings. The number of rotatable bonds is 6. The van der Waals surface area contributed by atoms with E-state index in [1.807, 2.05) is 0 Å². The molecular formula is C15H24FN3O. The normalized spacial score (nSPS) is 14.8. The summed E-state index contributed by atoms with van der Waals surface area (Å²) >= 11 is 0. The van der Waals surface area contributed by atoms with E-state index >= 15 is 0 Å². The molecule has 2 atom stereocenters. The smallest absolute Gasteiger partial charge is 0.191 e. The first-order valence-corrected chi connectivity index (χ1v) is 6.86. The molecule has 0 radical (unpaired) electrons. The van der Waals surface area contributed by atoms with Crippen molar-refractivity contribution in [3.63, 3.8) is 0 Å². The molecule has 0 fully saturated rings. The van der Waals surface area contributed by atoms with Gasteiger partial charge in [0.05, 0.1) is 6.10 Å². The second-order valence-electron chi connectivity index (χ2n) is 4.68. The molecule has 2 unspecified atom stereocenters. The van der Waals surface area contributed by atoms with Crippen LogP contribution < -0.4 is 10.6 Å². The number of benzene rings is 1. The molecule has 0 saturated carbocycles. The molecule has 0 aromatic heterocycles. The van der Waals surface area contributed by atoms with Gasteiger partial charge in [-0.15, -0.1) is 0 Å². The van der Waals surface area contributed by atoms with Gasteiger partial charge in [0.25, 0.3) is 0 Å². The Hall–Kier alpha value is -1.62. The van der Waals surface area contributed by atoms with E-state index in [4.69, 9.17) is 4.74 Å². The largest absolute Gasteiger partial charge is 0.375 e. The highest BCUT2D eigenvalue weighted by molar-refractivity contribution is 5.79. The van der Waals surface area contributed by atoms with Gasteiger partial charge in [-0.05, 0) is 31.0 Å². The summed E-state index contributed by atoms with van der Waals surface area (Å²) in [7, 11) is 3.37. The summed E-state index contributed by atoms with van der Waals surface area (Å²) in [6, 6.07) is 6.70. The predicted octanol–water partition coefficient (Wildman–Crippen LogP) is 2.48. The average molecular weight is 281 g/mol. The van der Waals surface area contributed by atoms with Crippen LogP contribution in [0.5, 0.6) is 0 Å². The van der Waals surface area contributed by atoms with E-state index in [9.17, 15) is 4.39 Å². The number of hydrogen-bond acceptors (Lipinski definition) is 2. The lowest BCUT2D eigenvalue weighted by atomic mass is 10.1. The van der Waals surface area contributed by atoms with Crippen LogP contribution in [-0.4, -0.2) is 32.7 Å². The summed E-state index contributed by atoms with van der Waals surface area (Å²) in [5, 5.41) is 6.50. The molecule has 0 aliphatic heterocycles. The maximum Gasteiger partial charge on any atom is 0.191 e. The minimum atomic E-state index is -0.245. The van der Waals surface area contributed by atoms with Crippen LogP contribution in [-0.2, 0) is 4.74 Å². The first kappa shape index (κ1) is 16.4. The van der Waals surface area contributed by atoms with Gasteiger partial charge in [0.1, 0.15) is 5.82 Å². The van der Waals surface area contributed by atoms with Crippen molar-refractivity contribution in [2.24, 2.45) is 4.99 Å². The Morgan fingerprint density at radius 1 is 1.35 bits per heavy atom. The van der Waals surface area contributed by atoms with Gasteiger partial charge in [0.15, 0.2) is 5.96 Å². The van der Waals surface area contributed by atoms with E-state index in [1.54, 1.807) is 26.3 Å². The molecule has 20 heavy (non-hydrogen) atoms. The third kappa shape index (κ3) is 5.17. The summed E-state index contributed by atoms with van der Waals surface area (Å²) in [5.41, 5.74) is 0.931. The first-order chi connectivity index (χ1) is 9.60. The Morgan fingerprint density at radius 3 is 2.50 bits per heavy atom. The topological polar surface area (TPSA) is 45.7 Å². The first-order valence-electron chi connectivity index (χ1n) is 6.86. The van der Waals surface area contributed by atoms with Gasteiger partial charge >= 0.3 is 0 Å². The third-order valence-corrected chi connectivity index (χ3v) is 3.20.